The topological polar surface area (TPSA) is 23.5 Å². The zero-order chi connectivity index (χ0) is 21.8. The van der Waals surface area contributed by atoms with Gasteiger partial charge >= 0.3 is 0 Å². The third-order valence-electron chi connectivity index (χ3n) is 7.19. The van der Waals surface area contributed by atoms with Crippen LogP contribution >= 0.6 is 0 Å². The summed E-state index contributed by atoms with van der Waals surface area (Å²) in [5, 5.41) is 10.4. The van der Waals surface area contributed by atoms with E-state index in [2.05, 4.69) is 53.4 Å². The number of piperidine rings is 1. The Morgan fingerprint density at radius 3 is 1.88 bits per heavy atom. The van der Waals surface area contributed by atoms with Crippen molar-refractivity contribution in [2.24, 2.45) is 0 Å². The number of likely N-dealkylation sites (tertiary alicyclic amines) is 1. The third kappa shape index (κ3) is 4.57. The summed E-state index contributed by atoms with van der Waals surface area (Å²) in [5.74, 6) is 0. The first-order valence-electron chi connectivity index (χ1n) is 12.1. The van der Waals surface area contributed by atoms with Crippen LogP contribution in [0.15, 0.2) is 84.4 Å². The Morgan fingerprint density at radius 1 is 0.688 bits per heavy atom. The van der Waals surface area contributed by atoms with Crippen molar-refractivity contribution in [3.05, 3.63) is 112 Å². The van der Waals surface area contributed by atoms with Crippen molar-refractivity contribution >= 4 is 5.57 Å². The fourth-order valence-electron chi connectivity index (χ4n) is 5.41. The van der Waals surface area contributed by atoms with Crippen LogP contribution in [-0.4, -0.2) is 29.6 Å². The molecule has 0 amide bonds. The van der Waals surface area contributed by atoms with Gasteiger partial charge in [-0.2, -0.15) is 0 Å². The first-order chi connectivity index (χ1) is 15.8. The Bertz CT molecular complexity index is 1030. The van der Waals surface area contributed by atoms with E-state index in [1.165, 1.54) is 27.8 Å². The maximum Gasteiger partial charge on any atom is 0.0790 e. The van der Waals surface area contributed by atoms with Gasteiger partial charge < -0.3 is 10.0 Å². The number of benzene rings is 3. The average Bonchev–Trinajstić information content (AvgIpc) is 3.02. The molecule has 5 rings (SSSR count). The van der Waals surface area contributed by atoms with Crippen LogP contribution in [0.1, 0.15) is 59.6 Å². The highest BCUT2D eigenvalue weighted by Crippen LogP contribution is 2.38. The van der Waals surface area contributed by atoms with Crippen LogP contribution in [0, 0.1) is 0 Å². The van der Waals surface area contributed by atoms with Crippen molar-refractivity contribution in [2.45, 2.75) is 44.6 Å². The molecule has 2 heteroatoms. The Morgan fingerprint density at radius 2 is 1.25 bits per heavy atom. The number of aliphatic hydroxyl groups excluding tert-OH is 1. The van der Waals surface area contributed by atoms with Crippen LogP contribution in [0.4, 0.5) is 0 Å². The number of aliphatic hydroxyl groups is 1. The van der Waals surface area contributed by atoms with Crippen molar-refractivity contribution in [1.82, 2.24) is 4.90 Å². The second-order valence-corrected chi connectivity index (χ2v) is 9.20. The number of nitrogens with zero attached hydrogens (tertiary/aromatic N) is 1. The summed E-state index contributed by atoms with van der Waals surface area (Å²) >= 11 is 0. The fraction of sp³-hybridized carbons (Fsp3) is 0.333. The SMILES string of the molecule is OC(CCCN1CCC(=C2c3ccccc3CCc3ccccc32)CC1)c1ccccc1. The molecule has 0 saturated carbocycles. The third-order valence-corrected chi connectivity index (χ3v) is 7.19. The van der Waals surface area contributed by atoms with Crippen LogP contribution in [0.25, 0.3) is 5.57 Å². The highest BCUT2D eigenvalue weighted by Gasteiger charge is 2.23. The van der Waals surface area contributed by atoms with E-state index in [0.717, 1.165) is 63.7 Å². The molecule has 1 aliphatic carbocycles. The van der Waals surface area contributed by atoms with Crippen molar-refractivity contribution < 1.29 is 5.11 Å². The van der Waals surface area contributed by atoms with Gasteiger partial charge in [-0.05, 0) is 78.5 Å². The van der Waals surface area contributed by atoms with Crippen molar-refractivity contribution in [3.8, 4) is 0 Å². The van der Waals surface area contributed by atoms with E-state index >= 15 is 0 Å². The summed E-state index contributed by atoms with van der Waals surface area (Å²) < 4.78 is 0. The monoisotopic (exact) mass is 423 g/mol. The minimum absolute atomic E-state index is 0.349. The largest absolute Gasteiger partial charge is 0.388 e. The number of fused-ring (bicyclic) bond motifs is 2. The Kier molecular flexibility index (Phi) is 6.52. The molecule has 1 unspecified atom stereocenters. The van der Waals surface area contributed by atoms with Gasteiger partial charge in [-0.15, -0.1) is 0 Å². The number of aryl methyl sites for hydroxylation is 2. The summed E-state index contributed by atoms with van der Waals surface area (Å²) in [6.07, 6.45) is 6.04. The van der Waals surface area contributed by atoms with Gasteiger partial charge in [0.2, 0.25) is 0 Å². The molecule has 0 aromatic heterocycles. The van der Waals surface area contributed by atoms with Gasteiger partial charge in [-0.25, -0.2) is 0 Å². The lowest BCUT2D eigenvalue weighted by molar-refractivity contribution is 0.153. The second-order valence-electron chi connectivity index (χ2n) is 9.20. The summed E-state index contributed by atoms with van der Waals surface area (Å²) in [6.45, 7) is 3.30. The molecule has 1 atom stereocenters. The predicted molar refractivity (Wildman–Crippen MR) is 133 cm³/mol. The van der Waals surface area contributed by atoms with Crippen LogP contribution in [0.5, 0.6) is 0 Å². The Hall–Kier alpha value is -2.68. The molecular weight excluding hydrogens is 390 g/mol. The average molecular weight is 424 g/mol. The highest BCUT2D eigenvalue weighted by atomic mass is 16.3. The lowest BCUT2D eigenvalue weighted by Gasteiger charge is -2.30. The Labute approximate surface area is 192 Å². The minimum Gasteiger partial charge on any atom is -0.388 e. The molecule has 1 aliphatic heterocycles. The van der Waals surface area contributed by atoms with Gasteiger partial charge in [0.05, 0.1) is 6.10 Å². The van der Waals surface area contributed by atoms with Gasteiger partial charge in [-0.3, -0.25) is 0 Å². The van der Waals surface area contributed by atoms with Crippen LogP contribution in [-0.2, 0) is 12.8 Å². The zero-order valence-electron chi connectivity index (χ0n) is 18.8. The molecule has 0 spiro atoms. The first-order valence-corrected chi connectivity index (χ1v) is 12.1. The molecule has 0 bridgehead atoms. The molecule has 1 fully saturated rings. The summed E-state index contributed by atoms with van der Waals surface area (Å²) in [4.78, 5) is 2.58. The molecule has 164 valence electrons. The Balaban J connectivity index is 1.28. The van der Waals surface area contributed by atoms with E-state index in [1.807, 2.05) is 30.3 Å². The zero-order valence-corrected chi connectivity index (χ0v) is 18.8. The molecule has 0 radical (unpaired) electrons. The number of hydrogen-bond acceptors (Lipinski definition) is 2. The molecular formula is C30H33NO. The van der Waals surface area contributed by atoms with Gasteiger partial charge in [0.25, 0.3) is 0 Å². The predicted octanol–water partition coefficient (Wildman–Crippen LogP) is 6.20. The quantitative estimate of drug-likeness (QED) is 0.528. The first kappa shape index (κ1) is 21.2. The number of rotatable bonds is 5. The van der Waals surface area contributed by atoms with Crippen molar-refractivity contribution in [3.63, 3.8) is 0 Å². The van der Waals surface area contributed by atoms with Crippen LogP contribution in [0.2, 0.25) is 0 Å². The smallest absolute Gasteiger partial charge is 0.0790 e. The summed E-state index contributed by atoms with van der Waals surface area (Å²) in [7, 11) is 0. The van der Waals surface area contributed by atoms with E-state index in [9.17, 15) is 5.11 Å². The minimum atomic E-state index is -0.349. The van der Waals surface area contributed by atoms with Crippen LogP contribution < -0.4 is 0 Å². The fourth-order valence-corrected chi connectivity index (χ4v) is 5.41. The van der Waals surface area contributed by atoms with Gasteiger partial charge in [0.1, 0.15) is 0 Å². The van der Waals surface area contributed by atoms with Crippen LogP contribution in [0.3, 0.4) is 0 Å². The van der Waals surface area contributed by atoms with E-state index in [1.54, 1.807) is 5.57 Å². The molecule has 1 N–H and O–H groups in total. The lowest BCUT2D eigenvalue weighted by Crippen LogP contribution is -2.32. The van der Waals surface area contributed by atoms with E-state index in [-0.39, 0.29) is 6.10 Å². The standard InChI is InChI=1S/C30H33NO/c32-29(25-11-2-1-3-12-25)15-8-20-31-21-18-26(19-22-31)30-27-13-6-4-9-23(27)16-17-24-10-5-7-14-28(24)30/h1-7,9-14,29,32H,8,15-22H2. The molecule has 1 saturated heterocycles. The number of hydrogen-bond donors (Lipinski definition) is 1. The van der Waals surface area contributed by atoms with Crippen molar-refractivity contribution in [2.75, 3.05) is 19.6 Å². The molecule has 3 aromatic carbocycles. The molecule has 3 aromatic rings. The molecule has 32 heavy (non-hydrogen) atoms. The van der Waals surface area contributed by atoms with E-state index < -0.39 is 0 Å². The van der Waals surface area contributed by atoms with Crippen molar-refractivity contribution in [1.29, 1.82) is 0 Å². The normalized spacial score (nSPS) is 17.4. The second kappa shape index (κ2) is 9.85. The summed E-state index contributed by atoms with van der Waals surface area (Å²) in [5.41, 5.74) is 10.0. The van der Waals surface area contributed by atoms with E-state index in [4.69, 9.17) is 0 Å². The molecule has 2 aliphatic rings. The maximum atomic E-state index is 10.4. The maximum absolute atomic E-state index is 10.4. The molecule has 1 heterocycles. The molecule has 2 nitrogen and oxygen atoms in total. The lowest BCUT2D eigenvalue weighted by atomic mass is 9.86. The van der Waals surface area contributed by atoms with Gasteiger partial charge in [0, 0.05) is 13.1 Å². The van der Waals surface area contributed by atoms with Gasteiger partial charge in [-0.1, -0.05) is 84.4 Å². The highest BCUT2D eigenvalue weighted by molar-refractivity contribution is 5.86. The van der Waals surface area contributed by atoms with E-state index in [0.29, 0.717) is 0 Å². The van der Waals surface area contributed by atoms with Gasteiger partial charge in [0.15, 0.2) is 0 Å². The summed E-state index contributed by atoms with van der Waals surface area (Å²) in [6, 6.07) is 28.1.